The molecule has 0 radical (unpaired) electrons. The Bertz CT molecular complexity index is 1350. The molecule has 1 saturated heterocycles. The van der Waals surface area contributed by atoms with Gasteiger partial charge in [-0.25, -0.2) is 13.8 Å². The molecular formula is C24H22F2N4OS. The molecule has 0 saturated carbocycles. The maximum absolute atomic E-state index is 14.2. The van der Waals surface area contributed by atoms with Crippen LogP contribution in [0.5, 0.6) is 0 Å². The third-order valence-electron chi connectivity index (χ3n) is 6.00. The molecule has 0 amide bonds. The summed E-state index contributed by atoms with van der Waals surface area (Å²) in [6.45, 7) is 1.89. The first-order chi connectivity index (χ1) is 15.4. The van der Waals surface area contributed by atoms with E-state index in [4.69, 9.17) is 0 Å². The molecule has 1 aromatic carbocycles. The molecule has 0 aliphatic carbocycles. The second kappa shape index (κ2) is 8.11. The number of fused-ring (bicyclic) bond motifs is 1. The molecule has 1 aliphatic rings. The molecule has 0 spiro atoms. The molecule has 1 fully saturated rings. The molecule has 0 bridgehead atoms. The normalized spacial score (nSPS) is 16.4. The van der Waals surface area contributed by atoms with Crippen LogP contribution in [0.1, 0.15) is 6.42 Å². The van der Waals surface area contributed by atoms with Crippen molar-refractivity contribution in [2.75, 3.05) is 32.1 Å². The van der Waals surface area contributed by atoms with Gasteiger partial charge in [0.2, 0.25) is 0 Å². The van der Waals surface area contributed by atoms with Crippen LogP contribution in [0.2, 0.25) is 0 Å². The van der Waals surface area contributed by atoms with E-state index in [0.717, 1.165) is 36.8 Å². The van der Waals surface area contributed by atoms with E-state index in [2.05, 4.69) is 28.9 Å². The number of anilines is 1. The minimum atomic E-state index is -0.643. The van der Waals surface area contributed by atoms with Crippen LogP contribution in [-0.2, 0) is 0 Å². The van der Waals surface area contributed by atoms with Crippen LogP contribution in [0.3, 0.4) is 0 Å². The zero-order valence-corrected chi connectivity index (χ0v) is 18.6. The molecule has 32 heavy (non-hydrogen) atoms. The lowest BCUT2D eigenvalue weighted by Crippen LogP contribution is -2.31. The lowest BCUT2D eigenvalue weighted by molar-refractivity contribution is 0.315. The van der Waals surface area contributed by atoms with Crippen molar-refractivity contribution < 1.29 is 8.78 Å². The first-order valence-corrected chi connectivity index (χ1v) is 11.2. The van der Waals surface area contributed by atoms with E-state index in [0.29, 0.717) is 21.3 Å². The van der Waals surface area contributed by atoms with Gasteiger partial charge in [-0.2, -0.15) is 0 Å². The van der Waals surface area contributed by atoms with Crippen LogP contribution >= 0.6 is 11.3 Å². The average Bonchev–Trinajstić information content (AvgIpc) is 3.42. The molecule has 5 rings (SSSR count). The van der Waals surface area contributed by atoms with Gasteiger partial charge in [0.05, 0.1) is 11.9 Å². The molecule has 164 valence electrons. The number of thiophene rings is 1. The van der Waals surface area contributed by atoms with E-state index in [1.54, 1.807) is 23.0 Å². The zero-order chi connectivity index (χ0) is 22.4. The number of likely N-dealkylation sites (N-methyl/N-ethyl adjacent to an activating group) is 1. The van der Waals surface area contributed by atoms with Crippen molar-refractivity contribution in [3.8, 4) is 16.1 Å². The van der Waals surface area contributed by atoms with Crippen molar-refractivity contribution in [3.63, 3.8) is 0 Å². The van der Waals surface area contributed by atoms with Crippen LogP contribution < -0.4 is 10.5 Å². The fourth-order valence-corrected chi connectivity index (χ4v) is 5.24. The summed E-state index contributed by atoms with van der Waals surface area (Å²) in [6, 6.07) is 11.4. The maximum atomic E-state index is 14.2. The number of rotatable bonds is 4. The predicted molar refractivity (Wildman–Crippen MR) is 125 cm³/mol. The highest BCUT2D eigenvalue weighted by molar-refractivity contribution is 7.22. The third kappa shape index (κ3) is 3.69. The van der Waals surface area contributed by atoms with Crippen LogP contribution in [-0.4, -0.2) is 47.7 Å². The summed E-state index contributed by atoms with van der Waals surface area (Å²) in [5.74, 6) is -0.371. The average molecular weight is 453 g/mol. The van der Waals surface area contributed by atoms with Crippen molar-refractivity contribution in [3.05, 3.63) is 76.8 Å². The summed E-state index contributed by atoms with van der Waals surface area (Å²) in [5.41, 5.74) is 0.766. The number of halogens is 2. The van der Waals surface area contributed by atoms with Gasteiger partial charge in [0.1, 0.15) is 22.2 Å². The van der Waals surface area contributed by atoms with Crippen LogP contribution in [0.15, 0.2) is 59.7 Å². The number of benzene rings is 1. The molecule has 1 atom stereocenters. The van der Waals surface area contributed by atoms with Gasteiger partial charge >= 0.3 is 0 Å². The van der Waals surface area contributed by atoms with Gasteiger partial charge in [0, 0.05) is 47.2 Å². The maximum Gasteiger partial charge on any atom is 0.273 e. The smallest absolute Gasteiger partial charge is 0.273 e. The largest absolute Gasteiger partial charge is 0.355 e. The van der Waals surface area contributed by atoms with Gasteiger partial charge in [-0.3, -0.25) is 9.36 Å². The third-order valence-corrected chi connectivity index (χ3v) is 7.17. The van der Waals surface area contributed by atoms with Gasteiger partial charge in [0.25, 0.3) is 5.56 Å². The summed E-state index contributed by atoms with van der Waals surface area (Å²) in [4.78, 5) is 22.8. The second-order valence-corrected chi connectivity index (χ2v) is 9.29. The van der Waals surface area contributed by atoms with E-state index in [1.165, 1.54) is 23.5 Å². The van der Waals surface area contributed by atoms with E-state index in [1.807, 2.05) is 18.2 Å². The minimum Gasteiger partial charge on any atom is -0.355 e. The topological polar surface area (TPSA) is 41.4 Å². The zero-order valence-electron chi connectivity index (χ0n) is 17.8. The Morgan fingerprint density at radius 3 is 2.66 bits per heavy atom. The van der Waals surface area contributed by atoms with Crippen LogP contribution in [0, 0.1) is 11.6 Å². The van der Waals surface area contributed by atoms with Crippen molar-refractivity contribution in [2.24, 2.45) is 0 Å². The number of pyridine rings is 2. The van der Waals surface area contributed by atoms with E-state index >= 15 is 0 Å². The Balaban J connectivity index is 1.46. The summed E-state index contributed by atoms with van der Waals surface area (Å²) in [5, 5.41) is 0.728. The highest BCUT2D eigenvalue weighted by Crippen LogP contribution is 2.33. The van der Waals surface area contributed by atoms with Crippen molar-refractivity contribution in [1.82, 2.24) is 14.5 Å². The summed E-state index contributed by atoms with van der Waals surface area (Å²) < 4.78 is 29.5. The number of aromatic nitrogens is 2. The van der Waals surface area contributed by atoms with E-state index in [-0.39, 0.29) is 11.1 Å². The van der Waals surface area contributed by atoms with Gasteiger partial charge in [0.15, 0.2) is 0 Å². The Morgan fingerprint density at radius 2 is 1.97 bits per heavy atom. The van der Waals surface area contributed by atoms with E-state index in [9.17, 15) is 13.6 Å². The molecule has 0 N–H and O–H groups in total. The van der Waals surface area contributed by atoms with Crippen molar-refractivity contribution in [2.45, 2.75) is 12.5 Å². The fraction of sp³-hybridized carbons (Fsp3) is 0.250. The fourth-order valence-electron chi connectivity index (χ4n) is 4.13. The molecule has 5 nitrogen and oxygen atoms in total. The number of nitrogens with zero attached hydrogens (tertiary/aromatic N) is 4. The molecule has 3 aromatic heterocycles. The Labute approximate surface area is 188 Å². The van der Waals surface area contributed by atoms with Crippen LogP contribution in [0.4, 0.5) is 14.6 Å². The predicted octanol–water partition coefficient (Wildman–Crippen LogP) is 4.53. The van der Waals surface area contributed by atoms with Gasteiger partial charge in [-0.05, 0) is 56.9 Å². The summed E-state index contributed by atoms with van der Waals surface area (Å²) in [7, 11) is 4.18. The Kier molecular flexibility index (Phi) is 5.27. The van der Waals surface area contributed by atoms with Gasteiger partial charge in [-0.1, -0.05) is 0 Å². The lowest BCUT2D eigenvalue weighted by Gasteiger charge is -2.21. The van der Waals surface area contributed by atoms with E-state index < -0.39 is 11.6 Å². The first kappa shape index (κ1) is 20.8. The SMILES string of the molecule is CN(C)C1CCN(c2ccc(-n3ccc4cc(-c5ccc(F)cc5F)sc4c3=O)cn2)C1. The van der Waals surface area contributed by atoms with Crippen molar-refractivity contribution >= 4 is 27.2 Å². The lowest BCUT2D eigenvalue weighted by atomic mass is 10.1. The minimum absolute atomic E-state index is 0.190. The summed E-state index contributed by atoms with van der Waals surface area (Å²) >= 11 is 1.20. The molecule has 1 aliphatic heterocycles. The Hall–Kier alpha value is -3.10. The van der Waals surface area contributed by atoms with Gasteiger partial charge in [-0.15, -0.1) is 11.3 Å². The van der Waals surface area contributed by atoms with Crippen LogP contribution in [0.25, 0.3) is 26.2 Å². The van der Waals surface area contributed by atoms with Gasteiger partial charge < -0.3 is 9.80 Å². The molecular weight excluding hydrogens is 430 g/mol. The molecule has 1 unspecified atom stereocenters. The van der Waals surface area contributed by atoms with Crippen molar-refractivity contribution in [1.29, 1.82) is 0 Å². The molecule has 4 heterocycles. The second-order valence-electron chi connectivity index (χ2n) is 8.24. The standard InChI is InChI=1S/C24H22F2N4OS/c1-28(2)18-8-9-29(14-18)22-6-4-17(13-27-22)30-10-7-15-11-21(32-23(15)24(30)31)19-5-3-16(25)12-20(19)26/h3-7,10-13,18H,8-9,14H2,1-2H3. The first-order valence-electron chi connectivity index (χ1n) is 10.4. The quantitative estimate of drug-likeness (QED) is 0.456. The Morgan fingerprint density at radius 1 is 1.12 bits per heavy atom. The molecule has 8 heteroatoms. The highest BCUT2D eigenvalue weighted by Gasteiger charge is 2.24. The summed E-state index contributed by atoms with van der Waals surface area (Å²) in [6.07, 6.45) is 4.51. The molecule has 4 aromatic rings. The number of hydrogen-bond donors (Lipinski definition) is 0. The number of hydrogen-bond acceptors (Lipinski definition) is 5. The monoisotopic (exact) mass is 452 g/mol. The highest BCUT2D eigenvalue weighted by atomic mass is 32.1.